The highest BCUT2D eigenvalue weighted by molar-refractivity contribution is 5.78. The molecule has 0 aliphatic rings. The zero-order valence-corrected chi connectivity index (χ0v) is 6.53. The second kappa shape index (κ2) is 2.41. The summed E-state index contributed by atoms with van der Waals surface area (Å²) in [6.07, 6.45) is 3.15. The zero-order chi connectivity index (χ0) is 8.55. The van der Waals surface area contributed by atoms with Crippen LogP contribution in [-0.4, -0.2) is 15.2 Å². The molecule has 0 aliphatic heterocycles. The number of aryl methyl sites for hydroxylation is 1. The van der Waals surface area contributed by atoms with Gasteiger partial charge in [0.05, 0.1) is 22.8 Å². The van der Waals surface area contributed by atoms with E-state index in [1.54, 1.807) is 19.3 Å². The number of aromatic nitrogens is 3. The van der Waals surface area contributed by atoms with E-state index in [4.69, 9.17) is 0 Å². The third-order valence-electron chi connectivity index (χ3n) is 1.75. The fourth-order valence-electron chi connectivity index (χ4n) is 1.19. The van der Waals surface area contributed by atoms with Gasteiger partial charge in [-0.25, -0.2) is 0 Å². The van der Waals surface area contributed by atoms with Crippen molar-refractivity contribution in [3.63, 3.8) is 0 Å². The standard InChI is InChI=1S/C8H7N3O/c1-5-8-6(4-10-11-5)9-3-2-7(8)12/h2-4H,1H3,(H,9,12). The molecule has 0 unspecified atom stereocenters. The Labute approximate surface area is 68.3 Å². The van der Waals surface area contributed by atoms with Gasteiger partial charge in [0.2, 0.25) is 0 Å². The number of fused-ring (bicyclic) bond motifs is 1. The van der Waals surface area contributed by atoms with E-state index in [2.05, 4.69) is 15.2 Å². The van der Waals surface area contributed by atoms with Gasteiger partial charge < -0.3 is 4.98 Å². The van der Waals surface area contributed by atoms with E-state index in [9.17, 15) is 4.79 Å². The summed E-state index contributed by atoms with van der Waals surface area (Å²) in [4.78, 5) is 14.2. The van der Waals surface area contributed by atoms with Crippen molar-refractivity contribution < 1.29 is 0 Å². The van der Waals surface area contributed by atoms with Gasteiger partial charge in [0.25, 0.3) is 0 Å². The lowest BCUT2D eigenvalue weighted by Gasteiger charge is -1.96. The molecule has 0 amide bonds. The minimum absolute atomic E-state index is 0.0175. The van der Waals surface area contributed by atoms with Crippen LogP contribution in [0.15, 0.2) is 23.3 Å². The maximum absolute atomic E-state index is 11.3. The van der Waals surface area contributed by atoms with E-state index >= 15 is 0 Å². The molecule has 4 heteroatoms. The van der Waals surface area contributed by atoms with Gasteiger partial charge in [-0.1, -0.05) is 0 Å². The molecule has 0 atom stereocenters. The Kier molecular flexibility index (Phi) is 1.40. The van der Waals surface area contributed by atoms with Crippen LogP contribution in [0.5, 0.6) is 0 Å². The SMILES string of the molecule is Cc1nncc2[nH]ccc(=O)c12. The molecule has 2 aromatic heterocycles. The van der Waals surface area contributed by atoms with Crippen molar-refractivity contribution in [1.29, 1.82) is 0 Å². The van der Waals surface area contributed by atoms with Crippen molar-refractivity contribution >= 4 is 10.9 Å². The average Bonchev–Trinajstić information content (AvgIpc) is 2.04. The first-order chi connectivity index (χ1) is 5.79. The molecule has 0 bridgehead atoms. The highest BCUT2D eigenvalue weighted by atomic mass is 16.1. The number of rotatable bonds is 0. The van der Waals surface area contributed by atoms with Crippen LogP contribution < -0.4 is 5.43 Å². The second-order valence-corrected chi connectivity index (χ2v) is 2.56. The molecular weight excluding hydrogens is 154 g/mol. The van der Waals surface area contributed by atoms with Crippen molar-refractivity contribution in [2.75, 3.05) is 0 Å². The Morgan fingerprint density at radius 1 is 1.50 bits per heavy atom. The number of nitrogens with one attached hydrogen (secondary N) is 1. The number of pyridine rings is 1. The van der Waals surface area contributed by atoms with Gasteiger partial charge in [-0.2, -0.15) is 10.2 Å². The van der Waals surface area contributed by atoms with E-state index in [0.29, 0.717) is 11.1 Å². The Morgan fingerprint density at radius 2 is 2.33 bits per heavy atom. The summed E-state index contributed by atoms with van der Waals surface area (Å²) in [5, 5.41) is 8.15. The highest BCUT2D eigenvalue weighted by Crippen LogP contribution is 2.05. The number of hydrogen-bond donors (Lipinski definition) is 1. The summed E-state index contributed by atoms with van der Waals surface area (Å²) >= 11 is 0. The molecule has 0 saturated heterocycles. The van der Waals surface area contributed by atoms with Crippen LogP contribution in [0.2, 0.25) is 0 Å². The number of aromatic amines is 1. The van der Waals surface area contributed by atoms with Gasteiger partial charge in [0.15, 0.2) is 5.43 Å². The third kappa shape index (κ3) is 0.887. The van der Waals surface area contributed by atoms with E-state index in [-0.39, 0.29) is 5.43 Å². The van der Waals surface area contributed by atoms with Crippen LogP contribution in [0, 0.1) is 6.92 Å². The molecular formula is C8H7N3O. The summed E-state index contributed by atoms with van der Waals surface area (Å²) in [6.45, 7) is 1.77. The lowest BCUT2D eigenvalue weighted by Crippen LogP contribution is -2.04. The first-order valence-electron chi connectivity index (χ1n) is 3.59. The number of hydrogen-bond acceptors (Lipinski definition) is 3. The summed E-state index contributed by atoms with van der Waals surface area (Å²) in [5.41, 5.74) is 1.38. The number of nitrogens with zero attached hydrogens (tertiary/aromatic N) is 2. The molecule has 0 saturated carbocycles. The van der Waals surface area contributed by atoms with Gasteiger partial charge in [0.1, 0.15) is 0 Å². The predicted octanol–water partition coefficient (Wildman–Crippen LogP) is 0.627. The van der Waals surface area contributed by atoms with Gasteiger partial charge in [0, 0.05) is 12.3 Å². The quantitative estimate of drug-likeness (QED) is 0.616. The Hall–Kier alpha value is -1.71. The fourth-order valence-corrected chi connectivity index (χ4v) is 1.19. The van der Waals surface area contributed by atoms with Crippen molar-refractivity contribution in [3.05, 3.63) is 34.4 Å². The summed E-state index contributed by atoms with van der Waals surface area (Å²) in [6, 6.07) is 1.48. The minimum Gasteiger partial charge on any atom is -0.360 e. The maximum Gasteiger partial charge on any atom is 0.191 e. The summed E-state index contributed by atoms with van der Waals surface area (Å²) in [7, 11) is 0. The van der Waals surface area contributed by atoms with Crippen molar-refractivity contribution in [1.82, 2.24) is 15.2 Å². The van der Waals surface area contributed by atoms with Crippen LogP contribution in [-0.2, 0) is 0 Å². The molecule has 0 aliphatic carbocycles. The van der Waals surface area contributed by atoms with Crippen molar-refractivity contribution in [3.8, 4) is 0 Å². The Balaban J connectivity index is 3.07. The first kappa shape index (κ1) is 6.97. The molecule has 12 heavy (non-hydrogen) atoms. The molecule has 0 aromatic carbocycles. The van der Waals surface area contributed by atoms with E-state index < -0.39 is 0 Å². The maximum atomic E-state index is 11.3. The van der Waals surface area contributed by atoms with Gasteiger partial charge in [-0.3, -0.25) is 4.79 Å². The third-order valence-corrected chi connectivity index (χ3v) is 1.75. The molecule has 60 valence electrons. The van der Waals surface area contributed by atoms with Crippen LogP contribution in [0.25, 0.3) is 10.9 Å². The largest absolute Gasteiger partial charge is 0.360 e. The van der Waals surface area contributed by atoms with Crippen molar-refractivity contribution in [2.45, 2.75) is 6.92 Å². The second-order valence-electron chi connectivity index (χ2n) is 2.56. The lowest BCUT2D eigenvalue weighted by atomic mass is 10.2. The summed E-state index contributed by atoms with van der Waals surface area (Å²) in [5.74, 6) is 0. The van der Waals surface area contributed by atoms with E-state index in [0.717, 1.165) is 5.52 Å². The molecule has 0 spiro atoms. The molecule has 2 aromatic rings. The van der Waals surface area contributed by atoms with Crippen LogP contribution >= 0.6 is 0 Å². The first-order valence-corrected chi connectivity index (χ1v) is 3.59. The van der Waals surface area contributed by atoms with Crippen LogP contribution in [0.3, 0.4) is 0 Å². The lowest BCUT2D eigenvalue weighted by molar-refractivity contribution is 0.995. The topological polar surface area (TPSA) is 58.6 Å². The van der Waals surface area contributed by atoms with Crippen LogP contribution in [0.1, 0.15) is 5.69 Å². The fraction of sp³-hybridized carbons (Fsp3) is 0.125. The van der Waals surface area contributed by atoms with Gasteiger partial charge in [-0.05, 0) is 6.92 Å². The molecule has 1 N–H and O–H groups in total. The van der Waals surface area contributed by atoms with Crippen molar-refractivity contribution in [2.24, 2.45) is 0 Å². The summed E-state index contributed by atoms with van der Waals surface area (Å²) < 4.78 is 0. The minimum atomic E-state index is -0.0175. The smallest absolute Gasteiger partial charge is 0.191 e. The molecule has 2 heterocycles. The highest BCUT2D eigenvalue weighted by Gasteiger charge is 2.01. The monoisotopic (exact) mass is 161 g/mol. The van der Waals surface area contributed by atoms with Crippen LogP contribution in [0.4, 0.5) is 0 Å². The molecule has 0 radical (unpaired) electrons. The normalized spacial score (nSPS) is 10.4. The zero-order valence-electron chi connectivity index (χ0n) is 6.53. The average molecular weight is 161 g/mol. The predicted molar refractivity (Wildman–Crippen MR) is 44.9 cm³/mol. The Bertz CT molecular complexity index is 470. The van der Waals surface area contributed by atoms with E-state index in [1.807, 2.05) is 0 Å². The Morgan fingerprint density at radius 3 is 3.08 bits per heavy atom. The van der Waals surface area contributed by atoms with E-state index in [1.165, 1.54) is 6.07 Å². The molecule has 0 fully saturated rings. The number of H-pyrrole nitrogens is 1. The molecule has 2 rings (SSSR count). The van der Waals surface area contributed by atoms with Gasteiger partial charge >= 0.3 is 0 Å². The molecule has 4 nitrogen and oxygen atoms in total. The van der Waals surface area contributed by atoms with Gasteiger partial charge in [-0.15, -0.1) is 0 Å².